The van der Waals surface area contributed by atoms with Gasteiger partial charge in [0.25, 0.3) is 9.05 Å². The summed E-state index contributed by atoms with van der Waals surface area (Å²) in [5, 5.41) is 3.10. The van der Waals surface area contributed by atoms with Crippen molar-refractivity contribution in [1.29, 1.82) is 0 Å². The molecule has 21 heavy (non-hydrogen) atoms. The average Bonchev–Trinajstić information content (AvgIpc) is 2.84. The van der Waals surface area contributed by atoms with Crippen LogP contribution in [0.15, 0.2) is 35.5 Å². The number of carbonyl (C=O) groups excluding carboxylic acids is 1. The van der Waals surface area contributed by atoms with E-state index in [2.05, 4.69) is 5.10 Å². The fourth-order valence-electron chi connectivity index (χ4n) is 1.72. The number of hydrogen-bond donors (Lipinski definition) is 0. The molecule has 0 amide bonds. The van der Waals surface area contributed by atoms with Crippen molar-refractivity contribution in [2.45, 2.75) is 11.9 Å². The molecule has 2 rings (SSSR count). The fraction of sp³-hybridized carbons (Fsp3) is 0.167. The predicted molar refractivity (Wildman–Crippen MR) is 72.5 cm³/mol. The van der Waals surface area contributed by atoms with Crippen LogP contribution in [0.2, 0.25) is 0 Å². The summed E-state index contributed by atoms with van der Waals surface area (Å²) in [7, 11) is 0.994. The number of aromatic nitrogens is 2. The number of nitrogens with zero attached hydrogens (tertiary/aromatic N) is 2. The molecular weight excluding hydrogens is 323 g/mol. The fourth-order valence-corrected chi connectivity index (χ4v) is 2.91. The summed E-state index contributed by atoms with van der Waals surface area (Å²) in [5.41, 5.74) is -0.498. The summed E-state index contributed by atoms with van der Waals surface area (Å²) in [6, 6.07) is 5.37. The second kappa shape index (κ2) is 5.82. The normalized spacial score (nSPS) is 11.4. The first-order chi connectivity index (χ1) is 9.86. The second-order valence-electron chi connectivity index (χ2n) is 3.88. The highest BCUT2D eigenvalue weighted by Gasteiger charge is 2.29. The van der Waals surface area contributed by atoms with Gasteiger partial charge in [-0.2, -0.15) is 5.10 Å². The Morgan fingerprint density at radius 1 is 1.43 bits per heavy atom. The summed E-state index contributed by atoms with van der Waals surface area (Å²) in [6.45, 7) is 1.61. The van der Waals surface area contributed by atoms with Gasteiger partial charge in [0.1, 0.15) is 17.1 Å². The van der Waals surface area contributed by atoms with Crippen LogP contribution in [0.3, 0.4) is 0 Å². The molecule has 0 aliphatic heterocycles. The van der Waals surface area contributed by atoms with Crippen LogP contribution in [0.1, 0.15) is 17.3 Å². The van der Waals surface area contributed by atoms with E-state index in [0.717, 1.165) is 16.9 Å². The van der Waals surface area contributed by atoms with Gasteiger partial charge in [0.05, 0.1) is 12.8 Å². The first-order valence-electron chi connectivity index (χ1n) is 5.81. The minimum Gasteiger partial charge on any atom is -0.462 e. The topological polar surface area (TPSA) is 78.3 Å². The highest BCUT2D eigenvalue weighted by atomic mass is 35.7. The van der Waals surface area contributed by atoms with Gasteiger partial charge < -0.3 is 4.74 Å². The Hall–Kier alpha value is -1.93. The summed E-state index contributed by atoms with van der Waals surface area (Å²) in [5.74, 6) is -1.61. The van der Waals surface area contributed by atoms with Crippen LogP contribution >= 0.6 is 10.7 Å². The maximum atomic E-state index is 13.8. The van der Waals surface area contributed by atoms with Gasteiger partial charge in [-0.15, -0.1) is 0 Å². The van der Waals surface area contributed by atoms with Crippen molar-refractivity contribution in [2.24, 2.45) is 0 Å². The van der Waals surface area contributed by atoms with Crippen LogP contribution in [0, 0.1) is 5.82 Å². The Morgan fingerprint density at radius 3 is 2.67 bits per heavy atom. The van der Waals surface area contributed by atoms with E-state index < -0.39 is 25.9 Å². The van der Waals surface area contributed by atoms with E-state index in [1.54, 1.807) is 6.92 Å². The molecule has 1 aromatic heterocycles. The third-order valence-electron chi connectivity index (χ3n) is 2.53. The molecule has 0 unspecified atom stereocenters. The lowest BCUT2D eigenvalue weighted by Crippen LogP contribution is -2.12. The van der Waals surface area contributed by atoms with Crippen molar-refractivity contribution >= 4 is 25.7 Å². The Morgan fingerprint density at radius 2 is 2.10 bits per heavy atom. The van der Waals surface area contributed by atoms with Crippen LogP contribution in [0.4, 0.5) is 4.39 Å². The average molecular weight is 333 g/mol. The predicted octanol–water partition coefficient (Wildman–Crippen LogP) is 2.12. The van der Waals surface area contributed by atoms with Crippen molar-refractivity contribution < 1.29 is 22.3 Å². The van der Waals surface area contributed by atoms with Crippen LogP contribution in [0.25, 0.3) is 5.69 Å². The van der Waals surface area contributed by atoms with Crippen LogP contribution < -0.4 is 0 Å². The van der Waals surface area contributed by atoms with Gasteiger partial charge in [0.15, 0.2) is 5.03 Å². The lowest BCUT2D eigenvalue weighted by molar-refractivity contribution is 0.0521. The number of esters is 1. The Labute approximate surface area is 124 Å². The van der Waals surface area contributed by atoms with Crippen LogP contribution in [0.5, 0.6) is 0 Å². The van der Waals surface area contributed by atoms with Crippen molar-refractivity contribution in [3.05, 3.63) is 41.8 Å². The standard InChI is InChI=1S/C12H10ClFN2O4S/c1-2-20-12(17)8-7-15-16(11(8)21(13,18)19)10-6-4-3-5-9(10)14/h3-7H,2H2,1H3. The van der Waals surface area contributed by atoms with E-state index in [1.165, 1.54) is 18.2 Å². The summed E-state index contributed by atoms with van der Waals surface area (Å²) in [6.07, 6.45) is 0.972. The molecular formula is C12H10ClFN2O4S. The van der Waals surface area contributed by atoms with Gasteiger partial charge in [-0.05, 0) is 19.1 Å². The lowest BCUT2D eigenvalue weighted by Gasteiger charge is -2.07. The third-order valence-corrected chi connectivity index (χ3v) is 3.83. The molecule has 0 spiro atoms. The first-order valence-corrected chi connectivity index (χ1v) is 8.12. The molecule has 0 bridgehead atoms. The molecule has 0 aliphatic rings. The van der Waals surface area contributed by atoms with E-state index in [-0.39, 0.29) is 17.9 Å². The number of rotatable bonds is 4. The molecule has 0 radical (unpaired) electrons. The number of para-hydroxylation sites is 1. The Bertz CT molecular complexity index is 788. The summed E-state index contributed by atoms with van der Waals surface area (Å²) in [4.78, 5) is 11.7. The number of benzene rings is 1. The zero-order valence-electron chi connectivity index (χ0n) is 10.8. The number of ether oxygens (including phenoxy) is 1. The molecule has 0 fully saturated rings. The van der Waals surface area contributed by atoms with Gasteiger partial charge in [-0.1, -0.05) is 12.1 Å². The van der Waals surface area contributed by atoms with Crippen LogP contribution in [-0.4, -0.2) is 30.8 Å². The van der Waals surface area contributed by atoms with Crippen molar-refractivity contribution in [3.63, 3.8) is 0 Å². The Balaban J connectivity index is 2.70. The molecule has 2 aromatic rings. The molecule has 0 aliphatic carbocycles. The minimum absolute atomic E-state index is 0.0471. The van der Waals surface area contributed by atoms with Crippen LogP contribution in [-0.2, 0) is 13.8 Å². The van der Waals surface area contributed by atoms with Gasteiger partial charge in [0, 0.05) is 10.7 Å². The smallest absolute Gasteiger partial charge is 0.342 e. The van der Waals surface area contributed by atoms with E-state index in [4.69, 9.17) is 15.4 Å². The van der Waals surface area contributed by atoms with Gasteiger partial charge in [0.2, 0.25) is 0 Å². The highest BCUT2D eigenvalue weighted by Crippen LogP contribution is 2.25. The van der Waals surface area contributed by atoms with Gasteiger partial charge in [-0.3, -0.25) is 0 Å². The zero-order valence-corrected chi connectivity index (χ0v) is 12.4. The molecule has 0 atom stereocenters. The summed E-state index contributed by atoms with van der Waals surface area (Å²) < 4.78 is 42.7. The molecule has 112 valence electrons. The van der Waals surface area contributed by atoms with E-state index in [9.17, 15) is 17.6 Å². The second-order valence-corrected chi connectivity index (χ2v) is 6.37. The van der Waals surface area contributed by atoms with Crippen molar-refractivity contribution in [3.8, 4) is 5.69 Å². The highest BCUT2D eigenvalue weighted by molar-refractivity contribution is 8.13. The first kappa shape index (κ1) is 15.5. The molecule has 0 saturated carbocycles. The number of hydrogen-bond acceptors (Lipinski definition) is 5. The van der Waals surface area contributed by atoms with Gasteiger partial charge in [-0.25, -0.2) is 22.3 Å². The molecule has 9 heteroatoms. The molecule has 0 saturated heterocycles. The Kier molecular flexibility index (Phi) is 4.29. The molecule has 1 heterocycles. The largest absolute Gasteiger partial charge is 0.462 e. The quantitative estimate of drug-likeness (QED) is 0.633. The lowest BCUT2D eigenvalue weighted by atomic mass is 10.3. The van der Waals surface area contributed by atoms with E-state index >= 15 is 0 Å². The summed E-state index contributed by atoms with van der Waals surface area (Å²) >= 11 is 0. The van der Waals surface area contributed by atoms with Crippen molar-refractivity contribution in [2.75, 3.05) is 6.61 Å². The SMILES string of the molecule is CCOC(=O)c1cnn(-c2ccccc2F)c1S(=O)(=O)Cl. The maximum absolute atomic E-state index is 13.8. The van der Waals surface area contributed by atoms with E-state index in [0.29, 0.717) is 0 Å². The van der Waals surface area contributed by atoms with Crippen molar-refractivity contribution in [1.82, 2.24) is 9.78 Å². The zero-order chi connectivity index (χ0) is 15.6. The molecule has 0 N–H and O–H groups in total. The molecule has 1 aromatic carbocycles. The van der Waals surface area contributed by atoms with E-state index in [1.807, 2.05) is 0 Å². The van der Waals surface area contributed by atoms with Gasteiger partial charge >= 0.3 is 5.97 Å². The number of halogens is 2. The third kappa shape index (κ3) is 3.06. The molecule has 6 nitrogen and oxygen atoms in total. The monoisotopic (exact) mass is 332 g/mol. The number of carbonyl (C=O) groups is 1. The minimum atomic E-state index is -4.34. The maximum Gasteiger partial charge on any atom is 0.342 e.